The molecule has 0 bridgehead atoms. The number of nitrogens with zero attached hydrogens (tertiary/aromatic N) is 2. The minimum Gasteiger partial charge on any atom is -0.297 e. The highest BCUT2D eigenvalue weighted by Gasteiger charge is 2.40. The number of alkyl halides is 3. The number of sulfone groups is 1. The lowest BCUT2D eigenvalue weighted by Crippen LogP contribution is -2.38. The van der Waals surface area contributed by atoms with Crippen LogP contribution >= 0.6 is 11.3 Å². The third-order valence-corrected chi connectivity index (χ3v) is 5.30. The van der Waals surface area contributed by atoms with Crippen LogP contribution in [0.5, 0.6) is 0 Å². The molecule has 0 aromatic carbocycles. The maximum Gasteiger partial charge on any atom is 0.391 e. The molecule has 0 radical (unpaired) electrons. The van der Waals surface area contributed by atoms with Crippen molar-refractivity contribution in [3.05, 3.63) is 16.1 Å². The average molecular weight is 342 g/mol. The van der Waals surface area contributed by atoms with Crippen molar-refractivity contribution in [2.24, 2.45) is 5.92 Å². The Morgan fingerprint density at radius 3 is 2.52 bits per heavy atom. The van der Waals surface area contributed by atoms with Gasteiger partial charge in [0.25, 0.3) is 0 Å². The molecule has 0 spiro atoms. The van der Waals surface area contributed by atoms with Crippen LogP contribution in [-0.4, -0.2) is 43.8 Å². The Hall–Kier alpha value is -0.670. The number of halogens is 3. The SMILES string of the molecule is CS(=O)(=O)Cc1nc(CN2CCC(C(F)(F)F)CC2)cs1. The first-order chi connectivity index (χ1) is 9.63. The van der Waals surface area contributed by atoms with E-state index in [9.17, 15) is 21.6 Å². The molecule has 21 heavy (non-hydrogen) atoms. The molecular weight excluding hydrogens is 325 g/mol. The molecule has 4 nitrogen and oxygen atoms in total. The summed E-state index contributed by atoms with van der Waals surface area (Å²) in [7, 11) is -3.11. The average Bonchev–Trinajstić information content (AvgIpc) is 2.73. The van der Waals surface area contributed by atoms with E-state index in [-0.39, 0.29) is 18.6 Å². The van der Waals surface area contributed by atoms with Gasteiger partial charge in [-0.3, -0.25) is 4.90 Å². The highest BCUT2D eigenvalue weighted by atomic mass is 32.2. The maximum absolute atomic E-state index is 12.6. The van der Waals surface area contributed by atoms with Gasteiger partial charge in [-0.1, -0.05) is 0 Å². The van der Waals surface area contributed by atoms with Crippen molar-refractivity contribution < 1.29 is 21.6 Å². The van der Waals surface area contributed by atoms with Crippen LogP contribution in [0, 0.1) is 5.92 Å². The normalized spacial score (nSPS) is 19.0. The van der Waals surface area contributed by atoms with E-state index >= 15 is 0 Å². The second-order valence-corrected chi connectivity index (χ2v) is 8.48. The van der Waals surface area contributed by atoms with Crippen LogP contribution in [0.3, 0.4) is 0 Å². The molecule has 1 fully saturated rings. The molecule has 1 aliphatic heterocycles. The summed E-state index contributed by atoms with van der Waals surface area (Å²) < 4.78 is 60.1. The topological polar surface area (TPSA) is 50.3 Å². The summed E-state index contributed by atoms with van der Waals surface area (Å²) >= 11 is 1.27. The number of thiazole rings is 1. The fraction of sp³-hybridized carbons (Fsp3) is 0.750. The van der Waals surface area contributed by atoms with Gasteiger partial charge in [-0.2, -0.15) is 13.2 Å². The van der Waals surface area contributed by atoms with E-state index in [0.29, 0.717) is 24.6 Å². The van der Waals surface area contributed by atoms with E-state index in [1.54, 1.807) is 5.38 Å². The minimum absolute atomic E-state index is 0.0895. The van der Waals surface area contributed by atoms with Crippen LogP contribution in [0.1, 0.15) is 23.5 Å². The first-order valence-electron chi connectivity index (χ1n) is 6.53. The lowest BCUT2D eigenvalue weighted by molar-refractivity contribution is -0.185. The molecule has 0 unspecified atom stereocenters. The number of aromatic nitrogens is 1. The summed E-state index contributed by atoms with van der Waals surface area (Å²) in [4.78, 5) is 6.17. The minimum atomic E-state index is -4.10. The second kappa shape index (κ2) is 6.21. The standard InChI is InChI=1S/C12H17F3N2O2S2/c1-21(18,19)8-11-16-10(7-20-11)6-17-4-2-9(3-5-17)12(13,14)15/h7,9H,2-6,8H2,1H3. The van der Waals surface area contributed by atoms with Crippen molar-refractivity contribution in [1.82, 2.24) is 9.88 Å². The van der Waals surface area contributed by atoms with Crippen molar-refractivity contribution >= 4 is 21.2 Å². The number of hydrogen-bond acceptors (Lipinski definition) is 5. The van der Waals surface area contributed by atoms with Crippen molar-refractivity contribution in [2.75, 3.05) is 19.3 Å². The Morgan fingerprint density at radius 1 is 1.38 bits per heavy atom. The highest BCUT2D eigenvalue weighted by molar-refractivity contribution is 7.90. The molecule has 120 valence electrons. The van der Waals surface area contributed by atoms with E-state index in [1.807, 2.05) is 4.90 Å². The number of rotatable bonds is 4. The first-order valence-corrected chi connectivity index (χ1v) is 9.47. The van der Waals surface area contributed by atoms with E-state index in [1.165, 1.54) is 11.3 Å². The maximum atomic E-state index is 12.6. The van der Waals surface area contributed by atoms with E-state index in [0.717, 1.165) is 11.9 Å². The van der Waals surface area contributed by atoms with Gasteiger partial charge in [-0.05, 0) is 25.9 Å². The number of likely N-dealkylation sites (tertiary alicyclic amines) is 1. The smallest absolute Gasteiger partial charge is 0.297 e. The molecule has 0 N–H and O–H groups in total. The Morgan fingerprint density at radius 2 is 2.00 bits per heavy atom. The Kier molecular flexibility index (Phi) is 4.94. The van der Waals surface area contributed by atoms with Gasteiger partial charge in [0.1, 0.15) is 10.8 Å². The van der Waals surface area contributed by atoms with Crippen LogP contribution in [0.25, 0.3) is 0 Å². The van der Waals surface area contributed by atoms with Crippen LogP contribution in [0.15, 0.2) is 5.38 Å². The fourth-order valence-corrected chi connectivity index (χ4v) is 4.36. The predicted molar refractivity (Wildman–Crippen MR) is 74.7 cm³/mol. The van der Waals surface area contributed by atoms with Gasteiger partial charge >= 0.3 is 6.18 Å². The van der Waals surface area contributed by atoms with Crippen LogP contribution in [-0.2, 0) is 22.1 Å². The molecule has 1 aromatic rings. The molecule has 9 heteroatoms. The lowest BCUT2D eigenvalue weighted by atomic mass is 9.96. The predicted octanol–water partition coefficient (Wildman–Crippen LogP) is 2.46. The van der Waals surface area contributed by atoms with Gasteiger partial charge in [0.05, 0.1) is 11.6 Å². The van der Waals surface area contributed by atoms with E-state index in [4.69, 9.17) is 0 Å². The molecule has 0 amide bonds. The molecule has 1 saturated heterocycles. The summed E-state index contributed by atoms with van der Waals surface area (Å²) in [5, 5.41) is 2.30. The zero-order valence-electron chi connectivity index (χ0n) is 11.6. The molecule has 1 aromatic heterocycles. The zero-order valence-corrected chi connectivity index (χ0v) is 13.2. The Bertz CT molecular complexity index is 576. The van der Waals surface area contributed by atoms with Gasteiger partial charge in [-0.15, -0.1) is 11.3 Å². The summed E-state index contributed by atoms with van der Waals surface area (Å²) in [6.45, 7) is 1.26. The van der Waals surface area contributed by atoms with Crippen LogP contribution in [0.4, 0.5) is 13.2 Å². The summed E-state index contributed by atoms with van der Waals surface area (Å²) in [5.74, 6) is -1.29. The summed E-state index contributed by atoms with van der Waals surface area (Å²) in [5.41, 5.74) is 0.726. The zero-order chi connectivity index (χ0) is 15.7. The molecule has 0 saturated carbocycles. The Balaban J connectivity index is 1.87. The van der Waals surface area contributed by atoms with Gasteiger partial charge in [0.15, 0.2) is 9.84 Å². The molecular formula is C12H17F3N2O2S2. The molecule has 1 aliphatic rings. The van der Waals surface area contributed by atoms with Gasteiger partial charge in [0, 0.05) is 18.2 Å². The monoisotopic (exact) mass is 342 g/mol. The Labute approximate surface area is 125 Å². The quantitative estimate of drug-likeness (QED) is 0.843. The summed E-state index contributed by atoms with van der Waals surface area (Å²) in [6, 6.07) is 0. The van der Waals surface area contributed by atoms with Crippen molar-refractivity contribution in [1.29, 1.82) is 0 Å². The molecule has 0 aliphatic carbocycles. The third-order valence-electron chi connectivity index (χ3n) is 3.42. The molecule has 0 atom stereocenters. The number of piperidine rings is 1. The van der Waals surface area contributed by atoms with Crippen molar-refractivity contribution in [3.8, 4) is 0 Å². The summed E-state index contributed by atoms with van der Waals surface area (Å²) in [6.07, 6.45) is -2.72. The van der Waals surface area contributed by atoms with E-state index in [2.05, 4.69) is 4.98 Å². The van der Waals surface area contributed by atoms with Crippen molar-refractivity contribution in [3.63, 3.8) is 0 Å². The molecule has 2 heterocycles. The van der Waals surface area contributed by atoms with Gasteiger partial charge < -0.3 is 0 Å². The van der Waals surface area contributed by atoms with Gasteiger partial charge in [-0.25, -0.2) is 13.4 Å². The highest BCUT2D eigenvalue weighted by Crippen LogP contribution is 2.34. The first kappa shape index (κ1) is 16.7. The largest absolute Gasteiger partial charge is 0.391 e. The number of hydrogen-bond donors (Lipinski definition) is 0. The second-order valence-electron chi connectivity index (χ2n) is 5.39. The van der Waals surface area contributed by atoms with Crippen LogP contribution in [0.2, 0.25) is 0 Å². The lowest BCUT2D eigenvalue weighted by Gasteiger charge is -2.32. The van der Waals surface area contributed by atoms with E-state index < -0.39 is 21.9 Å². The fourth-order valence-electron chi connectivity index (χ4n) is 2.36. The molecule has 2 rings (SSSR count). The van der Waals surface area contributed by atoms with Gasteiger partial charge in [0.2, 0.25) is 0 Å². The van der Waals surface area contributed by atoms with Crippen molar-refractivity contribution in [2.45, 2.75) is 31.3 Å². The van der Waals surface area contributed by atoms with Crippen LogP contribution < -0.4 is 0 Å². The third kappa shape index (κ3) is 5.23.